The molecule has 0 radical (unpaired) electrons. The van der Waals surface area contributed by atoms with Crippen molar-refractivity contribution in [2.24, 2.45) is 0 Å². The van der Waals surface area contributed by atoms with Crippen LogP contribution < -0.4 is 10.5 Å². The number of hydrogen-bond donors (Lipinski definition) is 2. The van der Waals surface area contributed by atoms with Crippen LogP contribution in [0.15, 0.2) is 47.4 Å². The summed E-state index contributed by atoms with van der Waals surface area (Å²) in [5.41, 5.74) is 7.06. The molecule has 0 heterocycles. The molecule has 0 aromatic heterocycles. The molecule has 100 valence electrons. The van der Waals surface area contributed by atoms with E-state index in [0.717, 1.165) is 5.56 Å². The molecule has 2 aromatic rings. The van der Waals surface area contributed by atoms with E-state index < -0.39 is 10.0 Å². The van der Waals surface area contributed by atoms with Gasteiger partial charge in [0.2, 0.25) is 0 Å². The number of nitrogens with one attached hydrogen (secondary N) is 1. The molecule has 4 nitrogen and oxygen atoms in total. The van der Waals surface area contributed by atoms with Gasteiger partial charge in [-0.2, -0.15) is 0 Å². The average molecular weight is 297 g/mol. The van der Waals surface area contributed by atoms with Crippen molar-refractivity contribution in [2.75, 3.05) is 10.5 Å². The van der Waals surface area contributed by atoms with Gasteiger partial charge in [0.15, 0.2) is 0 Å². The molecular formula is C13H13ClN2O2S. The molecule has 6 heteroatoms. The fourth-order valence-electron chi connectivity index (χ4n) is 1.62. The average Bonchev–Trinajstić information content (AvgIpc) is 2.34. The Kier molecular flexibility index (Phi) is 3.68. The molecule has 3 N–H and O–H groups in total. The minimum Gasteiger partial charge on any atom is -0.397 e. The predicted octanol–water partition coefficient (Wildman–Crippen LogP) is 3.03. The van der Waals surface area contributed by atoms with Gasteiger partial charge in [-0.1, -0.05) is 29.8 Å². The van der Waals surface area contributed by atoms with Crippen LogP contribution in [0, 0.1) is 6.92 Å². The fraction of sp³-hybridized carbons (Fsp3) is 0.0769. The maximum Gasteiger partial charge on any atom is 0.262 e. The molecular weight excluding hydrogens is 284 g/mol. The van der Waals surface area contributed by atoms with Crippen molar-refractivity contribution < 1.29 is 8.42 Å². The van der Waals surface area contributed by atoms with E-state index in [1.807, 2.05) is 13.0 Å². The van der Waals surface area contributed by atoms with Crippen molar-refractivity contribution in [3.8, 4) is 0 Å². The number of para-hydroxylation sites is 1. The summed E-state index contributed by atoms with van der Waals surface area (Å²) >= 11 is 5.95. The van der Waals surface area contributed by atoms with E-state index in [-0.39, 0.29) is 21.3 Å². The monoisotopic (exact) mass is 296 g/mol. The lowest BCUT2D eigenvalue weighted by Gasteiger charge is -2.12. The van der Waals surface area contributed by atoms with Gasteiger partial charge in [-0.3, -0.25) is 4.72 Å². The highest BCUT2D eigenvalue weighted by Gasteiger charge is 2.17. The first kappa shape index (κ1) is 13.7. The lowest BCUT2D eigenvalue weighted by molar-refractivity contribution is 0.601. The van der Waals surface area contributed by atoms with Crippen LogP contribution in [0.5, 0.6) is 0 Å². The normalized spacial score (nSPS) is 11.3. The van der Waals surface area contributed by atoms with Crippen LogP contribution in [0.3, 0.4) is 0 Å². The molecule has 0 amide bonds. The molecule has 0 aliphatic carbocycles. The molecule has 0 spiro atoms. The van der Waals surface area contributed by atoms with Gasteiger partial charge in [-0.15, -0.1) is 0 Å². The maximum absolute atomic E-state index is 12.2. The molecule has 0 aliphatic rings. The molecule has 2 rings (SSSR count). The van der Waals surface area contributed by atoms with Gasteiger partial charge in [0.1, 0.15) is 0 Å². The summed E-state index contributed by atoms with van der Waals surface area (Å²) in [6.07, 6.45) is 0. The predicted molar refractivity (Wildman–Crippen MR) is 77.9 cm³/mol. The highest BCUT2D eigenvalue weighted by atomic mass is 35.5. The summed E-state index contributed by atoms with van der Waals surface area (Å²) in [5, 5.41) is 0.260. The third kappa shape index (κ3) is 3.00. The van der Waals surface area contributed by atoms with Gasteiger partial charge >= 0.3 is 0 Å². The summed E-state index contributed by atoms with van der Waals surface area (Å²) in [6, 6.07) is 11.4. The first-order chi connectivity index (χ1) is 8.90. The zero-order valence-electron chi connectivity index (χ0n) is 10.2. The topological polar surface area (TPSA) is 72.2 Å². The van der Waals surface area contributed by atoms with Crippen molar-refractivity contribution in [2.45, 2.75) is 11.8 Å². The lowest BCUT2D eigenvalue weighted by Crippen LogP contribution is -2.14. The second-order valence-electron chi connectivity index (χ2n) is 4.13. The van der Waals surface area contributed by atoms with Gasteiger partial charge < -0.3 is 5.73 Å². The summed E-state index contributed by atoms with van der Waals surface area (Å²) in [4.78, 5) is 0.173. The van der Waals surface area contributed by atoms with E-state index in [9.17, 15) is 8.42 Å². The Balaban J connectivity index is 2.42. The Labute approximate surface area is 117 Å². The number of nitrogens with two attached hydrogens (primary N) is 1. The van der Waals surface area contributed by atoms with Crippen LogP contribution in [0.1, 0.15) is 5.56 Å². The zero-order valence-corrected chi connectivity index (χ0v) is 11.8. The van der Waals surface area contributed by atoms with Crippen molar-refractivity contribution in [3.05, 3.63) is 53.1 Å². The number of rotatable bonds is 3. The molecule has 2 aromatic carbocycles. The quantitative estimate of drug-likeness (QED) is 0.855. The van der Waals surface area contributed by atoms with Gasteiger partial charge in [-0.25, -0.2) is 8.42 Å². The van der Waals surface area contributed by atoms with Crippen molar-refractivity contribution in [1.82, 2.24) is 0 Å². The van der Waals surface area contributed by atoms with E-state index in [1.54, 1.807) is 30.3 Å². The highest BCUT2D eigenvalue weighted by Crippen LogP contribution is 2.30. The first-order valence-electron chi connectivity index (χ1n) is 5.53. The number of hydrogen-bond acceptors (Lipinski definition) is 3. The third-order valence-electron chi connectivity index (χ3n) is 2.58. The summed E-state index contributed by atoms with van der Waals surface area (Å²) in [6.45, 7) is 1.82. The van der Waals surface area contributed by atoms with E-state index >= 15 is 0 Å². The fourth-order valence-corrected chi connectivity index (χ4v) is 3.12. The number of sulfonamides is 1. The molecule has 0 fully saturated rings. The second-order valence-corrected chi connectivity index (χ2v) is 6.22. The van der Waals surface area contributed by atoms with Crippen molar-refractivity contribution >= 4 is 33.0 Å². The van der Waals surface area contributed by atoms with Gasteiger partial charge in [0, 0.05) is 0 Å². The first-order valence-corrected chi connectivity index (χ1v) is 7.40. The minimum atomic E-state index is -3.70. The van der Waals surface area contributed by atoms with Gasteiger partial charge in [0.05, 0.1) is 21.3 Å². The third-order valence-corrected chi connectivity index (χ3v) is 4.24. The molecule has 19 heavy (non-hydrogen) atoms. The van der Waals surface area contributed by atoms with Gasteiger partial charge in [-0.05, 0) is 36.8 Å². The molecule has 0 saturated carbocycles. The van der Waals surface area contributed by atoms with Crippen molar-refractivity contribution in [1.29, 1.82) is 0 Å². The van der Waals surface area contributed by atoms with E-state index in [2.05, 4.69) is 4.72 Å². The van der Waals surface area contributed by atoms with Crippen LogP contribution in [-0.2, 0) is 10.0 Å². The smallest absolute Gasteiger partial charge is 0.262 e. The van der Waals surface area contributed by atoms with Crippen molar-refractivity contribution in [3.63, 3.8) is 0 Å². The van der Waals surface area contributed by atoms with E-state index in [1.165, 1.54) is 6.07 Å². The second kappa shape index (κ2) is 5.11. The number of aryl methyl sites for hydroxylation is 1. The van der Waals surface area contributed by atoms with Crippen LogP contribution in [0.25, 0.3) is 0 Å². The minimum absolute atomic E-state index is 0.173. The van der Waals surface area contributed by atoms with Crippen LogP contribution in [0.2, 0.25) is 5.02 Å². The molecule has 0 atom stereocenters. The standard InChI is InChI=1S/C13H13ClN2O2S/c1-9-4-2-5-10(8-9)19(17,18)16-13-11(14)6-3-7-12(13)15/h2-8,16H,15H2,1H3. The maximum atomic E-state index is 12.2. The molecule has 0 aliphatic heterocycles. The number of anilines is 2. The van der Waals surface area contributed by atoms with E-state index in [4.69, 9.17) is 17.3 Å². The number of nitrogen functional groups attached to an aromatic ring is 1. The Morgan fingerprint density at radius 1 is 1.16 bits per heavy atom. The molecule has 0 bridgehead atoms. The Morgan fingerprint density at radius 3 is 2.47 bits per heavy atom. The number of halogens is 1. The van der Waals surface area contributed by atoms with Gasteiger partial charge in [0.25, 0.3) is 10.0 Å². The zero-order chi connectivity index (χ0) is 14.0. The Bertz CT molecular complexity index is 694. The lowest BCUT2D eigenvalue weighted by atomic mass is 10.2. The summed E-state index contributed by atoms with van der Waals surface area (Å²) in [5.74, 6) is 0. The summed E-state index contributed by atoms with van der Waals surface area (Å²) < 4.78 is 26.9. The Hall–Kier alpha value is -1.72. The Morgan fingerprint density at radius 2 is 1.84 bits per heavy atom. The van der Waals surface area contributed by atoms with E-state index in [0.29, 0.717) is 0 Å². The van der Waals surface area contributed by atoms with Crippen LogP contribution in [-0.4, -0.2) is 8.42 Å². The SMILES string of the molecule is Cc1cccc(S(=O)(=O)Nc2c(N)cccc2Cl)c1. The molecule has 0 unspecified atom stereocenters. The number of benzene rings is 2. The van der Waals surface area contributed by atoms with Crippen LogP contribution in [0.4, 0.5) is 11.4 Å². The molecule has 0 saturated heterocycles. The largest absolute Gasteiger partial charge is 0.397 e. The summed E-state index contributed by atoms with van der Waals surface area (Å²) in [7, 11) is -3.70. The van der Waals surface area contributed by atoms with Crippen LogP contribution >= 0.6 is 11.6 Å². The highest BCUT2D eigenvalue weighted by molar-refractivity contribution is 7.92.